The van der Waals surface area contributed by atoms with Crippen molar-refractivity contribution in [1.29, 1.82) is 0 Å². The number of sulfonamides is 1. The fourth-order valence-corrected chi connectivity index (χ4v) is 9.29. The van der Waals surface area contributed by atoms with Gasteiger partial charge in [-0.2, -0.15) is 0 Å². The summed E-state index contributed by atoms with van der Waals surface area (Å²) < 4.78 is 27.5. The lowest BCUT2D eigenvalue weighted by atomic mass is 9.48. The van der Waals surface area contributed by atoms with E-state index < -0.39 is 27.5 Å². The lowest BCUT2D eigenvalue weighted by Crippen LogP contribution is -2.55. The van der Waals surface area contributed by atoms with E-state index in [1.807, 2.05) is 71.0 Å². The Labute approximate surface area is 258 Å². The number of rotatable bonds is 10. The summed E-state index contributed by atoms with van der Waals surface area (Å²) in [6.45, 7) is 9.41. The van der Waals surface area contributed by atoms with Crippen LogP contribution in [0.1, 0.15) is 89.3 Å². The van der Waals surface area contributed by atoms with E-state index in [-0.39, 0.29) is 24.4 Å². The third-order valence-corrected chi connectivity index (χ3v) is 10.9. The van der Waals surface area contributed by atoms with E-state index in [9.17, 15) is 18.0 Å². The van der Waals surface area contributed by atoms with Crippen LogP contribution in [0.25, 0.3) is 0 Å². The standard InChI is InChI=1S/C35H49N3O4S/c1-7-31(33(40)36-34(3,4)5)37(22-25-10-8-9-24(2)15-25)32(39)23-38(43(6,41)42)30-13-11-29(12-14-30)35-19-26-16-27(20-35)18-28(17-26)21-35/h8-15,26-28,31H,7,16-23H2,1-6H3,(H,36,40)/t26?,27?,28?,31-,35?/m1/s1. The summed E-state index contributed by atoms with van der Waals surface area (Å²) in [7, 11) is -3.78. The molecule has 2 aromatic rings. The van der Waals surface area contributed by atoms with Crippen LogP contribution in [-0.4, -0.2) is 49.5 Å². The van der Waals surface area contributed by atoms with Gasteiger partial charge in [0.25, 0.3) is 0 Å². The van der Waals surface area contributed by atoms with Gasteiger partial charge in [0.2, 0.25) is 21.8 Å². The number of nitrogens with one attached hydrogen (secondary N) is 1. The number of amides is 2. The van der Waals surface area contributed by atoms with Gasteiger partial charge in [0.1, 0.15) is 12.6 Å². The summed E-state index contributed by atoms with van der Waals surface area (Å²) in [5.41, 5.74) is 3.46. The Kier molecular flexibility index (Phi) is 8.73. The molecule has 4 saturated carbocycles. The minimum absolute atomic E-state index is 0.207. The first-order valence-electron chi connectivity index (χ1n) is 15.9. The van der Waals surface area contributed by atoms with Gasteiger partial charge in [-0.3, -0.25) is 13.9 Å². The zero-order valence-electron chi connectivity index (χ0n) is 26.7. The van der Waals surface area contributed by atoms with Gasteiger partial charge in [0.05, 0.1) is 11.9 Å². The highest BCUT2D eigenvalue weighted by molar-refractivity contribution is 7.92. The summed E-state index contributed by atoms with van der Waals surface area (Å²) in [6, 6.07) is 15.0. The Morgan fingerprint density at radius 3 is 2.05 bits per heavy atom. The van der Waals surface area contributed by atoms with Crippen LogP contribution in [0, 0.1) is 24.7 Å². The van der Waals surface area contributed by atoms with Crippen molar-refractivity contribution in [2.75, 3.05) is 17.1 Å². The number of hydrogen-bond donors (Lipinski definition) is 1. The molecule has 4 bridgehead atoms. The fourth-order valence-electron chi connectivity index (χ4n) is 8.44. The summed E-state index contributed by atoms with van der Waals surface area (Å²) in [6.07, 6.45) is 9.34. The van der Waals surface area contributed by atoms with Crippen LogP contribution >= 0.6 is 0 Å². The van der Waals surface area contributed by atoms with Gasteiger partial charge >= 0.3 is 0 Å². The third-order valence-electron chi connectivity index (χ3n) is 9.80. The quantitative estimate of drug-likeness (QED) is 0.362. The highest BCUT2D eigenvalue weighted by Crippen LogP contribution is 2.60. The molecule has 0 aromatic heterocycles. The Hall–Kier alpha value is -2.87. The van der Waals surface area contributed by atoms with Gasteiger partial charge < -0.3 is 10.2 Å². The topological polar surface area (TPSA) is 86.8 Å². The molecule has 0 radical (unpaired) electrons. The predicted molar refractivity (Wildman–Crippen MR) is 172 cm³/mol. The lowest BCUT2D eigenvalue weighted by Gasteiger charge is -2.57. The number of carbonyl (C=O) groups excluding carboxylic acids is 2. The van der Waals surface area contributed by atoms with Crippen LogP contribution in [0.5, 0.6) is 0 Å². The summed E-state index contributed by atoms with van der Waals surface area (Å²) >= 11 is 0. The maximum absolute atomic E-state index is 14.1. The van der Waals surface area contributed by atoms with Crippen molar-refractivity contribution < 1.29 is 18.0 Å². The van der Waals surface area contributed by atoms with Crippen molar-refractivity contribution in [1.82, 2.24) is 10.2 Å². The molecule has 6 rings (SSSR count). The van der Waals surface area contributed by atoms with E-state index in [1.165, 1.54) is 53.3 Å². The predicted octanol–water partition coefficient (Wildman–Crippen LogP) is 5.95. The highest BCUT2D eigenvalue weighted by Gasteiger charge is 2.51. The molecule has 0 heterocycles. The van der Waals surface area contributed by atoms with Crippen molar-refractivity contribution >= 4 is 27.5 Å². The maximum atomic E-state index is 14.1. The van der Waals surface area contributed by atoms with Gasteiger partial charge in [0.15, 0.2) is 0 Å². The smallest absolute Gasteiger partial charge is 0.244 e. The van der Waals surface area contributed by atoms with Crippen molar-refractivity contribution in [3.8, 4) is 0 Å². The zero-order chi connectivity index (χ0) is 31.2. The molecule has 0 unspecified atom stereocenters. The van der Waals surface area contributed by atoms with E-state index in [0.717, 1.165) is 35.1 Å². The minimum atomic E-state index is -3.78. The molecule has 0 aliphatic heterocycles. The SMILES string of the molecule is CC[C@H](C(=O)NC(C)(C)C)N(Cc1cccc(C)c1)C(=O)CN(c1ccc(C23CC4CC(CC(C4)C2)C3)cc1)S(C)(=O)=O. The second kappa shape index (κ2) is 11.9. The van der Waals surface area contributed by atoms with Crippen molar-refractivity contribution in [3.63, 3.8) is 0 Å². The summed E-state index contributed by atoms with van der Waals surface area (Å²) in [5.74, 6) is 1.79. The van der Waals surface area contributed by atoms with Crippen LogP contribution < -0.4 is 9.62 Å². The first-order chi connectivity index (χ1) is 20.2. The monoisotopic (exact) mass is 607 g/mol. The normalized spacial score (nSPS) is 25.3. The minimum Gasteiger partial charge on any atom is -0.350 e. The van der Waals surface area contributed by atoms with Crippen molar-refractivity contribution in [3.05, 3.63) is 65.2 Å². The van der Waals surface area contributed by atoms with Crippen LogP contribution in [-0.2, 0) is 31.6 Å². The van der Waals surface area contributed by atoms with Crippen LogP contribution in [0.4, 0.5) is 5.69 Å². The summed E-state index contributed by atoms with van der Waals surface area (Å²) in [5, 5.41) is 3.01. The van der Waals surface area contributed by atoms with Gasteiger partial charge in [-0.25, -0.2) is 8.42 Å². The molecule has 0 spiro atoms. The van der Waals surface area contributed by atoms with Crippen LogP contribution in [0.3, 0.4) is 0 Å². The average Bonchev–Trinajstić information content (AvgIpc) is 2.89. The van der Waals surface area contributed by atoms with E-state index in [1.54, 1.807) is 0 Å². The van der Waals surface area contributed by atoms with Gasteiger partial charge in [-0.1, -0.05) is 48.9 Å². The summed E-state index contributed by atoms with van der Waals surface area (Å²) in [4.78, 5) is 29.0. The lowest BCUT2D eigenvalue weighted by molar-refractivity contribution is -0.141. The Morgan fingerprint density at radius 1 is 0.977 bits per heavy atom. The number of hydrogen-bond acceptors (Lipinski definition) is 4. The molecule has 234 valence electrons. The third kappa shape index (κ3) is 7.11. The average molecular weight is 608 g/mol. The maximum Gasteiger partial charge on any atom is 0.244 e. The number of carbonyl (C=O) groups is 2. The number of aryl methyl sites for hydroxylation is 1. The van der Waals surface area contributed by atoms with Gasteiger partial charge in [-0.15, -0.1) is 0 Å². The molecular weight excluding hydrogens is 558 g/mol. The zero-order valence-corrected chi connectivity index (χ0v) is 27.5. The molecule has 2 aromatic carbocycles. The molecule has 4 fully saturated rings. The molecule has 1 atom stereocenters. The van der Waals surface area contributed by atoms with E-state index in [2.05, 4.69) is 17.4 Å². The molecule has 0 saturated heterocycles. The van der Waals surface area contributed by atoms with E-state index in [4.69, 9.17) is 0 Å². The van der Waals surface area contributed by atoms with E-state index in [0.29, 0.717) is 12.1 Å². The van der Waals surface area contributed by atoms with Crippen molar-refractivity contribution in [2.45, 2.75) is 103 Å². The largest absolute Gasteiger partial charge is 0.350 e. The molecule has 8 heteroatoms. The van der Waals surface area contributed by atoms with Crippen LogP contribution in [0.15, 0.2) is 48.5 Å². The molecule has 7 nitrogen and oxygen atoms in total. The Bertz CT molecular complexity index is 1410. The first-order valence-corrected chi connectivity index (χ1v) is 17.8. The number of benzene rings is 2. The molecular formula is C35H49N3O4S. The second-order valence-electron chi connectivity index (χ2n) is 14.7. The Morgan fingerprint density at radius 2 is 1.56 bits per heavy atom. The molecule has 1 N–H and O–H groups in total. The number of nitrogens with zero attached hydrogens (tertiary/aromatic N) is 2. The fraction of sp³-hybridized carbons (Fsp3) is 0.600. The Balaban J connectivity index is 1.41. The molecule has 43 heavy (non-hydrogen) atoms. The molecule has 4 aliphatic carbocycles. The van der Waals surface area contributed by atoms with Crippen LogP contribution in [0.2, 0.25) is 0 Å². The first kappa shape index (κ1) is 31.6. The number of anilines is 1. The van der Waals surface area contributed by atoms with E-state index >= 15 is 0 Å². The molecule has 4 aliphatic rings. The van der Waals surface area contributed by atoms with Gasteiger partial charge in [0, 0.05) is 12.1 Å². The van der Waals surface area contributed by atoms with Gasteiger partial charge in [-0.05, 0) is 119 Å². The second-order valence-corrected chi connectivity index (χ2v) is 16.6. The highest BCUT2D eigenvalue weighted by atomic mass is 32.2. The van der Waals surface area contributed by atoms with Crippen molar-refractivity contribution in [2.24, 2.45) is 17.8 Å². The molecule has 2 amide bonds.